The second kappa shape index (κ2) is 6.16. The number of nitro groups is 1. The van der Waals surface area contributed by atoms with E-state index in [1.807, 2.05) is 31.2 Å². The normalized spacial score (nSPS) is 12.1. The van der Waals surface area contributed by atoms with E-state index in [4.69, 9.17) is 4.74 Å². The van der Waals surface area contributed by atoms with E-state index in [-0.39, 0.29) is 11.5 Å². The summed E-state index contributed by atoms with van der Waals surface area (Å²) >= 11 is 0. The number of fused-ring (bicyclic) bond motifs is 1. The molecule has 0 unspecified atom stereocenters. The van der Waals surface area contributed by atoms with E-state index in [2.05, 4.69) is 4.98 Å². The lowest BCUT2D eigenvalue weighted by molar-refractivity contribution is -0.384. The van der Waals surface area contributed by atoms with Crippen molar-refractivity contribution in [2.24, 2.45) is 0 Å². The van der Waals surface area contributed by atoms with Crippen molar-refractivity contribution in [1.29, 1.82) is 0 Å². The minimum absolute atomic E-state index is 0.0737. The number of para-hydroxylation sites is 1. The van der Waals surface area contributed by atoms with E-state index in [1.165, 1.54) is 18.2 Å². The van der Waals surface area contributed by atoms with Crippen LogP contribution in [0, 0.1) is 17.0 Å². The predicted octanol–water partition coefficient (Wildman–Crippen LogP) is 4.03. The number of carbonyl (C=O) groups excluding carboxylic acids is 1. The highest BCUT2D eigenvalue weighted by atomic mass is 16.6. The number of hydrogen-bond donors (Lipinski definition) is 1. The molecule has 0 spiro atoms. The van der Waals surface area contributed by atoms with E-state index < -0.39 is 11.0 Å². The molecule has 6 heteroatoms. The van der Waals surface area contributed by atoms with Crippen LogP contribution < -0.4 is 4.74 Å². The summed E-state index contributed by atoms with van der Waals surface area (Å²) < 4.78 is 5.63. The van der Waals surface area contributed by atoms with E-state index in [0.717, 1.165) is 16.6 Å². The minimum Gasteiger partial charge on any atom is -0.482 e. The number of Topliss-reactive ketones (excluding diaryl/α,β-unsaturated/α-hetero) is 1. The fourth-order valence-corrected chi connectivity index (χ4v) is 2.73. The van der Waals surface area contributed by atoms with E-state index in [0.29, 0.717) is 11.3 Å². The summed E-state index contributed by atoms with van der Waals surface area (Å²) in [7, 11) is 0. The summed E-state index contributed by atoms with van der Waals surface area (Å²) in [5, 5.41) is 11.7. The van der Waals surface area contributed by atoms with Crippen molar-refractivity contribution in [2.45, 2.75) is 20.0 Å². The van der Waals surface area contributed by atoms with Gasteiger partial charge in [0.15, 0.2) is 6.10 Å². The molecule has 0 aliphatic carbocycles. The van der Waals surface area contributed by atoms with Crippen LogP contribution in [0.3, 0.4) is 0 Å². The Balaban J connectivity index is 1.88. The van der Waals surface area contributed by atoms with Crippen molar-refractivity contribution in [1.82, 2.24) is 4.98 Å². The predicted molar refractivity (Wildman–Crippen MR) is 90.6 cm³/mol. The number of nitro benzene ring substituents is 1. The number of non-ortho nitro benzene ring substituents is 1. The Morgan fingerprint density at radius 3 is 2.71 bits per heavy atom. The Hall–Kier alpha value is -3.15. The molecule has 6 nitrogen and oxygen atoms in total. The first-order chi connectivity index (χ1) is 11.5. The number of nitrogens with zero attached hydrogens (tertiary/aromatic N) is 1. The number of benzene rings is 2. The third kappa shape index (κ3) is 2.86. The van der Waals surface area contributed by atoms with Crippen LogP contribution in [-0.2, 0) is 0 Å². The molecule has 1 N–H and O–H groups in total. The van der Waals surface area contributed by atoms with Crippen LogP contribution in [0.15, 0.2) is 48.5 Å². The zero-order valence-corrected chi connectivity index (χ0v) is 13.3. The van der Waals surface area contributed by atoms with Crippen molar-refractivity contribution >= 4 is 22.4 Å². The van der Waals surface area contributed by atoms with Crippen molar-refractivity contribution in [2.75, 3.05) is 0 Å². The molecule has 122 valence electrons. The molecule has 0 saturated heterocycles. The Bertz CT molecular complexity index is 930. The maximum Gasteiger partial charge on any atom is 0.273 e. The minimum atomic E-state index is -0.759. The van der Waals surface area contributed by atoms with Crippen LogP contribution in [0.25, 0.3) is 10.9 Å². The monoisotopic (exact) mass is 324 g/mol. The fourth-order valence-electron chi connectivity index (χ4n) is 2.73. The van der Waals surface area contributed by atoms with Gasteiger partial charge in [-0.25, -0.2) is 0 Å². The van der Waals surface area contributed by atoms with Gasteiger partial charge in [-0.05, 0) is 26.0 Å². The molecule has 2 aromatic carbocycles. The van der Waals surface area contributed by atoms with Gasteiger partial charge in [0.05, 0.1) is 11.0 Å². The van der Waals surface area contributed by atoms with Gasteiger partial charge in [0.25, 0.3) is 5.69 Å². The van der Waals surface area contributed by atoms with Gasteiger partial charge in [-0.15, -0.1) is 0 Å². The molecular weight excluding hydrogens is 308 g/mol. The smallest absolute Gasteiger partial charge is 0.273 e. The molecule has 3 rings (SSSR count). The number of aromatic amines is 1. The largest absolute Gasteiger partial charge is 0.482 e. The van der Waals surface area contributed by atoms with Crippen molar-refractivity contribution in [3.8, 4) is 5.75 Å². The number of nitrogens with one attached hydrogen (secondary N) is 1. The van der Waals surface area contributed by atoms with Gasteiger partial charge in [0.1, 0.15) is 5.75 Å². The number of carbonyl (C=O) groups is 1. The molecule has 0 fully saturated rings. The number of ketones is 1. The quantitative estimate of drug-likeness (QED) is 0.436. The first-order valence-electron chi connectivity index (χ1n) is 7.50. The number of H-pyrrole nitrogens is 1. The summed E-state index contributed by atoms with van der Waals surface area (Å²) in [6, 6.07) is 13.4. The molecular formula is C18H16N2O4. The van der Waals surface area contributed by atoms with Crippen LogP contribution in [0.4, 0.5) is 5.69 Å². The zero-order chi connectivity index (χ0) is 17.3. The first-order valence-corrected chi connectivity index (χ1v) is 7.50. The first kappa shape index (κ1) is 15.7. The fraction of sp³-hybridized carbons (Fsp3) is 0.167. The van der Waals surface area contributed by atoms with Gasteiger partial charge >= 0.3 is 0 Å². The van der Waals surface area contributed by atoms with Crippen LogP contribution in [-0.4, -0.2) is 21.8 Å². The summed E-state index contributed by atoms with van der Waals surface area (Å²) in [5.74, 6) is 0.124. The van der Waals surface area contributed by atoms with E-state index >= 15 is 0 Å². The second-order valence-electron chi connectivity index (χ2n) is 5.55. The summed E-state index contributed by atoms with van der Waals surface area (Å²) in [5.41, 5.74) is 2.18. The van der Waals surface area contributed by atoms with Crippen LogP contribution in [0.5, 0.6) is 5.75 Å². The molecule has 0 saturated carbocycles. The van der Waals surface area contributed by atoms with Crippen molar-refractivity contribution < 1.29 is 14.5 Å². The highest BCUT2D eigenvalue weighted by molar-refractivity contribution is 6.11. The molecule has 0 radical (unpaired) electrons. The third-order valence-electron chi connectivity index (χ3n) is 3.85. The second-order valence-corrected chi connectivity index (χ2v) is 5.55. The Morgan fingerprint density at radius 1 is 1.21 bits per heavy atom. The van der Waals surface area contributed by atoms with Crippen molar-refractivity contribution in [3.63, 3.8) is 0 Å². The summed E-state index contributed by atoms with van der Waals surface area (Å²) in [6.07, 6.45) is -0.759. The summed E-state index contributed by atoms with van der Waals surface area (Å²) in [6.45, 7) is 3.48. The van der Waals surface area contributed by atoms with Gasteiger partial charge in [-0.1, -0.05) is 24.3 Å². The molecule has 1 heterocycles. The molecule has 0 aliphatic rings. The molecule has 3 aromatic rings. The van der Waals surface area contributed by atoms with Crippen molar-refractivity contribution in [3.05, 3.63) is 69.9 Å². The van der Waals surface area contributed by atoms with Gasteiger partial charge in [0.2, 0.25) is 5.78 Å². The van der Waals surface area contributed by atoms with Crippen LogP contribution in [0.2, 0.25) is 0 Å². The molecule has 0 bridgehead atoms. The Labute approximate surface area is 138 Å². The van der Waals surface area contributed by atoms with Gasteiger partial charge < -0.3 is 9.72 Å². The van der Waals surface area contributed by atoms with E-state index in [9.17, 15) is 14.9 Å². The standard InChI is InChI=1S/C18H16N2O4/c1-11-17(15-8-3-4-9-16(15)19-11)18(21)12(2)24-14-7-5-6-13(10-14)20(22)23/h3-10,12,19H,1-2H3/t12-/m1/s1. The number of rotatable bonds is 5. The average Bonchev–Trinajstić information content (AvgIpc) is 2.90. The number of hydrogen-bond acceptors (Lipinski definition) is 4. The van der Waals surface area contributed by atoms with Gasteiger partial charge in [-0.3, -0.25) is 14.9 Å². The number of aromatic nitrogens is 1. The molecule has 24 heavy (non-hydrogen) atoms. The highest BCUT2D eigenvalue weighted by Gasteiger charge is 2.23. The van der Waals surface area contributed by atoms with Crippen LogP contribution >= 0.6 is 0 Å². The van der Waals surface area contributed by atoms with Gasteiger partial charge in [-0.2, -0.15) is 0 Å². The molecule has 0 amide bonds. The average molecular weight is 324 g/mol. The zero-order valence-electron chi connectivity index (χ0n) is 13.3. The molecule has 1 aromatic heterocycles. The third-order valence-corrected chi connectivity index (χ3v) is 3.85. The van der Waals surface area contributed by atoms with E-state index in [1.54, 1.807) is 13.0 Å². The van der Waals surface area contributed by atoms with Crippen LogP contribution in [0.1, 0.15) is 23.0 Å². The number of ether oxygens (including phenoxy) is 1. The Morgan fingerprint density at radius 2 is 1.96 bits per heavy atom. The van der Waals surface area contributed by atoms with Gasteiger partial charge in [0, 0.05) is 28.2 Å². The lowest BCUT2D eigenvalue weighted by atomic mass is 10.0. The lowest BCUT2D eigenvalue weighted by Crippen LogP contribution is -2.24. The maximum absolute atomic E-state index is 12.8. The molecule has 1 atom stereocenters. The summed E-state index contributed by atoms with van der Waals surface area (Å²) in [4.78, 5) is 26.3. The topological polar surface area (TPSA) is 85.2 Å². The molecule has 0 aliphatic heterocycles. The maximum atomic E-state index is 12.8. The highest BCUT2D eigenvalue weighted by Crippen LogP contribution is 2.25. The Kier molecular flexibility index (Phi) is 4.04. The number of aryl methyl sites for hydroxylation is 1. The lowest BCUT2D eigenvalue weighted by Gasteiger charge is -2.13. The SMILES string of the molecule is Cc1[nH]c2ccccc2c1C(=O)[C@@H](C)Oc1cccc([N+](=O)[O-])c1.